The van der Waals surface area contributed by atoms with Crippen LogP contribution in [0.2, 0.25) is 0 Å². The van der Waals surface area contributed by atoms with Crippen LogP contribution in [-0.4, -0.2) is 32.2 Å². The topological polar surface area (TPSA) is 139 Å². The van der Waals surface area contributed by atoms with Crippen molar-refractivity contribution in [3.05, 3.63) is 64.1 Å². The van der Waals surface area contributed by atoms with Crippen molar-refractivity contribution in [3.8, 4) is 11.5 Å². The van der Waals surface area contributed by atoms with E-state index in [-0.39, 0.29) is 11.6 Å². The number of nitrogens with zero attached hydrogens (tertiary/aromatic N) is 4. The van der Waals surface area contributed by atoms with Gasteiger partial charge in [0.05, 0.1) is 12.3 Å². The Bertz CT molecular complexity index is 899. The molecule has 0 bridgehead atoms. The van der Waals surface area contributed by atoms with E-state index >= 15 is 0 Å². The highest BCUT2D eigenvalue weighted by Crippen LogP contribution is 2.26. The normalized spacial score (nSPS) is 10.8. The second-order valence-electron chi connectivity index (χ2n) is 4.52. The molecule has 0 radical (unpaired) electrons. The van der Waals surface area contributed by atoms with Crippen molar-refractivity contribution in [1.29, 1.82) is 0 Å². The van der Waals surface area contributed by atoms with Crippen LogP contribution in [-0.2, 0) is 0 Å². The van der Waals surface area contributed by atoms with E-state index < -0.39 is 10.8 Å². The van der Waals surface area contributed by atoms with Gasteiger partial charge in [-0.1, -0.05) is 0 Å². The maximum Gasteiger partial charge on any atom is 0.433 e. The van der Waals surface area contributed by atoms with Crippen LogP contribution in [0.4, 0.5) is 5.88 Å². The monoisotopic (exact) mass is 326 g/mol. The van der Waals surface area contributed by atoms with Gasteiger partial charge in [-0.25, -0.2) is 5.43 Å². The Morgan fingerprint density at radius 3 is 2.83 bits per heavy atom. The maximum atomic E-state index is 11.8. The van der Waals surface area contributed by atoms with Crippen molar-refractivity contribution in [3.63, 3.8) is 0 Å². The third-order valence-electron chi connectivity index (χ3n) is 2.99. The van der Waals surface area contributed by atoms with E-state index in [1.165, 1.54) is 36.9 Å². The van der Waals surface area contributed by atoms with Crippen LogP contribution in [0.15, 0.2) is 52.4 Å². The molecule has 0 aliphatic rings. The Hall–Kier alpha value is -3.82. The standard InChI is InChI=1S/C14H10N6O4/c21-14(9-3-5-15-6-4-9)19-17-8-10-7-16-18-13(10)11-1-2-12(24-11)20(22)23/h1-8H,(H,16,18)(H,19,21). The van der Waals surface area contributed by atoms with Crippen LogP contribution in [0, 0.1) is 10.1 Å². The number of carbonyl (C=O) groups excluding carboxylic acids is 1. The summed E-state index contributed by atoms with van der Waals surface area (Å²) in [4.78, 5) is 25.7. The Morgan fingerprint density at radius 2 is 2.12 bits per heavy atom. The van der Waals surface area contributed by atoms with Crippen LogP contribution < -0.4 is 5.43 Å². The van der Waals surface area contributed by atoms with Crippen LogP contribution in [0.25, 0.3) is 11.5 Å². The van der Waals surface area contributed by atoms with Gasteiger partial charge in [-0.3, -0.25) is 25.0 Å². The molecule has 0 saturated heterocycles. The summed E-state index contributed by atoms with van der Waals surface area (Å²) in [5.41, 5.74) is 3.61. The molecule has 0 spiro atoms. The predicted molar refractivity (Wildman–Crippen MR) is 82.2 cm³/mol. The zero-order valence-corrected chi connectivity index (χ0v) is 12.0. The molecule has 10 heteroatoms. The summed E-state index contributed by atoms with van der Waals surface area (Å²) in [5, 5.41) is 21.1. The number of H-pyrrole nitrogens is 1. The lowest BCUT2D eigenvalue weighted by molar-refractivity contribution is -0.401. The average Bonchev–Trinajstić information content (AvgIpc) is 3.24. The summed E-state index contributed by atoms with van der Waals surface area (Å²) in [7, 11) is 0. The number of furan rings is 1. The van der Waals surface area contributed by atoms with Gasteiger partial charge in [-0.15, -0.1) is 0 Å². The number of amides is 1. The third-order valence-corrected chi connectivity index (χ3v) is 2.99. The van der Waals surface area contributed by atoms with Crippen LogP contribution in [0.1, 0.15) is 15.9 Å². The summed E-state index contributed by atoms with van der Waals surface area (Å²) < 4.78 is 5.09. The molecule has 0 atom stereocenters. The lowest BCUT2D eigenvalue weighted by Crippen LogP contribution is -2.17. The molecule has 3 rings (SSSR count). The number of rotatable bonds is 5. The molecule has 0 aromatic carbocycles. The molecule has 0 aliphatic carbocycles. The number of aromatic nitrogens is 3. The van der Waals surface area contributed by atoms with Crippen molar-refractivity contribution in [1.82, 2.24) is 20.6 Å². The first kappa shape index (κ1) is 15.1. The highest BCUT2D eigenvalue weighted by molar-refractivity contribution is 5.95. The molecule has 10 nitrogen and oxygen atoms in total. The summed E-state index contributed by atoms with van der Waals surface area (Å²) in [6.07, 6.45) is 5.87. The molecule has 0 aliphatic heterocycles. The number of nitrogens with one attached hydrogen (secondary N) is 2. The molecule has 120 valence electrons. The van der Waals surface area contributed by atoms with Crippen molar-refractivity contribution in [2.24, 2.45) is 5.10 Å². The van der Waals surface area contributed by atoms with Crippen LogP contribution >= 0.6 is 0 Å². The highest BCUT2D eigenvalue weighted by Gasteiger charge is 2.17. The number of carbonyl (C=O) groups is 1. The quantitative estimate of drug-likeness (QED) is 0.416. The summed E-state index contributed by atoms with van der Waals surface area (Å²) >= 11 is 0. The number of pyridine rings is 1. The van der Waals surface area contributed by atoms with Crippen molar-refractivity contribution in [2.45, 2.75) is 0 Å². The van der Waals surface area contributed by atoms with Crippen molar-refractivity contribution >= 4 is 18.0 Å². The molecule has 0 unspecified atom stereocenters. The smallest absolute Gasteiger partial charge is 0.399 e. The van der Waals surface area contributed by atoms with Gasteiger partial charge in [0.25, 0.3) is 5.91 Å². The van der Waals surface area contributed by atoms with E-state index in [2.05, 4.69) is 25.7 Å². The Kier molecular flexibility index (Phi) is 4.10. The van der Waals surface area contributed by atoms with E-state index in [1.54, 1.807) is 12.1 Å². The molecule has 2 N–H and O–H groups in total. The number of aromatic amines is 1. The minimum atomic E-state index is -0.640. The number of hydrogen-bond acceptors (Lipinski definition) is 7. The molecule has 3 heterocycles. The highest BCUT2D eigenvalue weighted by atomic mass is 16.6. The van der Waals surface area contributed by atoms with E-state index in [1.807, 2.05) is 0 Å². The minimum absolute atomic E-state index is 0.213. The van der Waals surface area contributed by atoms with Gasteiger partial charge in [-0.2, -0.15) is 10.2 Å². The zero-order valence-electron chi connectivity index (χ0n) is 12.0. The van der Waals surface area contributed by atoms with Crippen molar-refractivity contribution < 1.29 is 14.1 Å². The largest absolute Gasteiger partial charge is 0.433 e. The van der Waals surface area contributed by atoms with E-state index in [9.17, 15) is 14.9 Å². The van der Waals surface area contributed by atoms with Gasteiger partial charge in [0.2, 0.25) is 0 Å². The molecule has 0 fully saturated rings. The Labute approximate surface area is 134 Å². The SMILES string of the molecule is O=C(NN=Cc1c[nH]nc1-c1ccc([N+](=O)[O-])o1)c1ccncc1. The Balaban J connectivity index is 1.73. The van der Waals surface area contributed by atoms with Crippen LogP contribution in [0.3, 0.4) is 0 Å². The number of hydrogen-bond donors (Lipinski definition) is 2. The van der Waals surface area contributed by atoms with E-state index in [0.717, 1.165) is 0 Å². The van der Waals surface area contributed by atoms with E-state index in [0.29, 0.717) is 16.8 Å². The molecule has 3 aromatic heterocycles. The Morgan fingerprint density at radius 1 is 1.33 bits per heavy atom. The first-order valence-electron chi connectivity index (χ1n) is 6.67. The van der Waals surface area contributed by atoms with Gasteiger partial charge in [0.15, 0.2) is 5.76 Å². The van der Waals surface area contributed by atoms with Gasteiger partial charge in [0, 0.05) is 29.7 Å². The number of hydrazone groups is 1. The molecule has 24 heavy (non-hydrogen) atoms. The van der Waals surface area contributed by atoms with Gasteiger partial charge < -0.3 is 4.42 Å². The fourth-order valence-corrected chi connectivity index (χ4v) is 1.88. The molecular formula is C14H10N6O4. The fraction of sp³-hybridized carbons (Fsp3) is 0. The molecule has 3 aromatic rings. The average molecular weight is 326 g/mol. The van der Waals surface area contributed by atoms with Gasteiger partial charge in [-0.05, 0) is 18.2 Å². The lowest BCUT2D eigenvalue weighted by atomic mass is 10.2. The first-order chi connectivity index (χ1) is 11.6. The summed E-state index contributed by atoms with van der Waals surface area (Å²) in [6.45, 7) is 0. The van der Waals surface area contributed by atoms with Crippen molar-refractivity contribution in [2.75, 3.05) is 0 Å². The third kappa shape index (κ3) is 3.16. The lowest BCUT2D eigenvalue weighted by Gasteiger charge is -1.98. The van der Waals surface area contributed by atoms with Crippen LogP contribution in [0.5, 0.6) is 0 Å². The molecular weight excluding hydrogens is 316 g/mol. The summed E-state index contributed by atoms with van der Waals surface area (Å²) in [6, 6.07) is 5.77. The van der Waals surface area contributed by atoms with E-state index in [4.69, 9.17) is 4.42 Å². The van der Waals surface area contributed by atoms with Gasteiger partial charge >= 0.3 is 5.88 Å². The second kappa shape index (κ2) is 6.52. The minimum Gasteiger partial charge on any atom is -0.399 e. The fourth-order valence-electron chi connectivity index (χ4n) is 1.88. The molecule has 1 amide bonds. The molecule has 0 saturated carbocycles. The summed E-state index contributed by atoms with van der Waals surface area (Å²) in [5.74, 6) is -0.570. The first-order valence-corrected chi connectivity index (χ1v) is 6.67. The second-order valence-corrected chi connectivity index (χ2v) is 4.52. The number of nitro groups is 1. The maximum absolute atomic E-state index is 11.8. The zero-order chi connectivity index (χ0) is 16.9. The predicted octanol–water partition coefficient (Wildman–Crippen LogP) is 1.74. The van der Waals surface area contributed by atoms with Gasteiger partial charge in [0.1, 0.15) is 10.6 Å².